The molecule has 2 heterocycles. The minimum Gasteiger partial charge on any atom is -0.368 e. The average Bonchev–Trinajstić information content (AvgIpc) is 3.21. The van der Waals surface area contributed by atoms with Crippen molar-refractivity contribution in [2.75, 3.05) is 48.5 Å². The van der Waals surface area contributed by atoms with Gasteiger partial charge in [0.25, 0.3) is 5.91 Å². The summed E-state index contributed by atoms with van der Waals surface area (Å²) in [6.07, 6.45) is 0.139. The summed E-state index contributed by atoms with van der Waals surface area (Å²) in [7, 11) is 2.09. The van der Waals surface area contributed by atoms with Crippen LogP contribution in [0.3, 0.4) is 0 Å². The van der Waals surface area contributed by atoms with Crippen LogP contribution in [-0.4, -0.2) is 61.7 Å². The van der Waals surface area contributed by atoms with Crippen LogP contribution >= 0.6 is 11.6 Å². The Morgan fingerprint density at radius 3 is 2.48 bits per heavy atom. The van der Waals surface area contributed by atoms with E-state index in [-0.39, 0.29) is 18.0 Å². The van der Waals surface area contributed by atoms with Crippen LogP contribution in [0.2, 0.25) is 5.02 Å². The van der Waals surface area contributed by atoms with Gasteiger partial charge in [0, 0.05) is 37.6 Å². The first-order chi connectivity index (χ1) is 14.9. The zero-order chi connectivity index (χ0) is 22.0. The summed E-state index contributed by atoms with van der Waals surface area (Å²) in [6.45, 7) is 3.59. The third-order valence-corrected chi connectivity index (χ3v) is 5.81. The number of carbonyl (C=O) groups excluding carboxylic acids is 2. The molecule has 0 bridgehead atoms. The summed E-state index contributed by atoms with van der Waals surface area (Å²) in [5.41, 5.74) is 8.07. The summed E-state index contributed by atoms with van der Waals surface area (Å²) in [6, 6.07) is 14.0. The molecule has 2 aromatic carbocycles. The molecular weight excluding hydrogens is 416 g/mol. The second-order valence-electron chi connectivity index (χ2n) is 7.76. The quantitative estimate of drug-likeness (QED) is 0.743. The monoisotopic (exact) mass is 440 g/mol. The number of piperazine rings is 1. The van der Waals surface area contributed by atoms with Crippen molar-refractivity contribution in [3.05, 3.63) is 53.6 Å². The molecular formula is C22H25ClN6O2. The minimum atomic E-state index is -0.709. The molecule has 9 heteroatoms. The number of likely N-dealkylation sites (N-methyl/N-ethyl adjacent to an activating group) is 1. The van der Waals surface area contributed by atoms with Crippen molar-refractivity contribution in [3.63, 3.8) is 0 Å². The summed E-state index contributed by atoms with van der Waals surface area (Å²) in [5.74, 6) is -0.904. The highest BCUT2D eigenvalue weighted by Gasteiger charge is 2.35. The van der Waals surface area contributed by atoms with Crippen LogP contribution in [0, 0.1) is 0 Å². The van der Waals surface area contributed by atoms with Gasteiger partial charge in [0.1, 0.15) is 11.8 Å². The van der Waals surface area contributed by atoms with E-state index < -0.39 is 11.9 Å². The fourth-order valence-electron chi connectivity index (χ4n) is 3.81. The third-order valence-electron chi connectivity index (χ3n) is 5.57. The lowest BCUT2D eigenvalue weighted by atomic mass is 10.1. The number of para-hydroxylation sites is 1. The number of carbonyl (C=O) groups is 2. The number of hydrogen-bond donors (Lipinski definition) is 2. The normalized spacial score (nSPS) is 19.3. The lowest BCUT2D eigenvalue weighted by Crippen LogP contribution is -2.44. The number of amides is 2. The van der Waals surface area contributed by atoms with Gasteiger partial charge in [0.2, 0.25) is 5.91 Å². The molecule has 31 heavy (non-hydrogen) atoms. The minimum absolute atomic E-state index is 0.139. The van der Waals surface area contributed by atoms with Gasteiger partial charge in [-0.05, 0) is 37.4 Å². The Labute approximate surface area is 186 Å². The number of anilines is 3. The van der Waals surface area contributed by atoms with Gasteiger partial charge < -0.3 is 20.9 Å². The Bertz CT molecular complexity index is 1000. The Morgan fingerprint density at radius 1 is 1.10 bits per heavy atom. The number of nitrogens with two attached hydrogens (primary N) is 1. The van der Waals surface area contributed by atoms with Gasteiger partial charge in [-0.25, -0.2) is 0 Å². The molecule has 0 saturated carbocycles. The average molecular weight is 441 g/mol. The van der Waals surface area contributed by atoms with E-state index in [4.69, 9.17) is 17.3 Å². The zero-order valence-corrected chi connectivity index (χ0v) is 18.0. The topological polar surface area (TPSA) is 94.3 Å². The standard InChI is InChI=1S/C22H25ClN6O2/c1-27-9-11-28(12-10-27)19-8-7-15(23)13-17(19)25-22(31)18-14-20(21(24)30)29(26-18)16-5-3-2-4-6-16/h2-8,13,20H,9-12,14H2,1H3,(H2,24,30)(H,25,31). The number of benzene rings is 2. The van der Waals surface area contributed by atoms with Crippen LogP contribution in [0.15, 0.2) is 53.6 Å². The van der Waals surface area contributed by atoms with Crippen molar-refractivity contribution < 1.29 is 9.59 Å². The van der Waals surface area contributed by atoms with Gasteiger partial charge >= 0.3 is 0 Å². The Kier molecular flexibility index (Phi) is 6.11. The number of primary amides is 1. The summed E-state index contributed by atoms with van der Waals surface area (Å²) >= 11 is 6.21. The molecule has 0 radical (unpaired) electrons. The molecule has 0 aromatic heterocycles. The van der Waals surface area contributed by atoms with Crippen LogP contribution in [0.4, 0.5) is 17.1 Å². The van der Waals surface area contributed by atoms with Gasteiger partial charge in [0.05, 0.1) is 17.1 Å². The number of rotatable bonds is 5. The largest absolute Gasteiger partial charge is 0.368 e. The van der Waals surface area contributed by atoms with Crippen molar-refractivity contribution in [2.24, 2.45) is 10.8 Å². The molecule has 2 aliphatic rings. The lowest BCUT2D eigenvalue weighted by molar-refractivity contribution is -0.119. The molecule has 8 nitrogen and oxygen atoms in total. The smallest absolute Gasteiger partial charge is 0.272 e. The molecule has 1 unspecified atom stereocenters. The van der Waals surface area contributed by atoms with Crippen molar-refractivity contribution in [3.8, 4) is 0 Å². The van der Waals surface area contributed by atoms with E-state index in [0.29, 0.717) is 16.4 Å². The molecule has 2 amide bonds. The van der Waals surface area contributed by atoms with Gasteiger partial charge in [-0.3, -0.25) is 14.6 Å². The highest BCUT2D eigenvalue weighted by atomic mass is 35.5. The number of halogens is 1. The molecule has 1 saturated heterocycles. The molecule has 1 atom stereocenters. The highest BCUT2D eigenvalue weighted by Crippen LogP contribution is 2.31. The predicted molar refractivity (Wildman–Crippen MR) is 124 cm³/mol. The maximum Gasteiger partial charge on any atom is 0.272 e. The van der Waals surface area contributed by atoms with Crippen LogP contribution in [0.1, 0.15) is 6.42 Å². The first kappa shape index (κ1) is 21.1. The second-order valence-corrected chi connectivity index (χ2v) is 8.19. The molecule has 1 fully saturated rings. The Balaban J connectivity index is 1.57. The first-order valence-corrected chi connectivity index (χ1v) is 10.6. The van der Waals surface area contributed by atoms with Gasteiger partial charge in [-0.1, -0.05) is 29.8 Å². The third kappa shape index (κ3) is 4.65. The Morgan fingerprint density at radius 2 is 1.81 bits per heavy atom. The van der Waals surface area contributed by atoms with Crippen molar-refractivity contribution in [1.29, 1.82) is 0 Å². The van der Waals surface area contributed by atoms with E-state index in [9.17, 15) is 9.59 Å². The number of hydrogen-bond acceptors (Lipinski definition) is 6. The van der Waals surface area contributed by atoms with E-state index in [2.05, 4.69) is 27.3 Å². The maximum atomic E-state index is 13.1. The number of hydrazone groups is 1. The number of nitrogens with one attached hydrogen (secondary N) is 1. The van der Waals surface area contributed by atoms with Crippen LogP contribution in [0.25, 0.3) is 0 Å². The molecule has 2 aromatic rings. The highest BCUT2D eigenvalue weighted by molar-refractivity contribution is 6.44. The lowest BCUT2D eigenvalue weighted by Gasteiger charge is -2.35. The van der Waals surface area contributed by atoms with E-state index in [0.717, 1.165) is 31.9 Å². The van der Waals surface area contributed by atoms with E-state index in [1.165, 1.54) is 5.01 Å². The second kappa shape index (κ2) is 8.95. The van der Waals surface area contributed by atoms with Crippen LogP contribution < -0.4 is 21.0 Å². The van der Waals surface area contributed by atoms with Crippen molar-refractivity contribution in [1.82, 2.24) is 4.90 Å². The van der Waals surface area contributed by atoms with Gasteiger partial charge in [-0.2, -0.15) is 5.10 Å². The molecule has 0 spiro atoms. The fraction of sp³-hybridized carbons (Fsp3) is 0.318. The van der Waals surface area contributed by atoms with E-state index in [1.54, 1.807) is 6.07 Å². The van der Waals surface area contributed by atoms with Gasteiger partial charge in [0.15, 0.2) is 0 Å². The summed E-state index contributed by atoms with van der Waals surface area (Å²) in [4.78, 5) is 29.5. The molecule has 2 aliphatic heterocycles. The SMILES string of the molecule is CN1CCN(c2ccc(Cl)cc2NC(=O)C2=NN(c3ccccc3)C(C(N)=O)C2)CC1. The first-order valence-electron chi connectivity index (χ1n) is 10.2. The molecule has 4 rings (SSSR count). The zero-order valence-electron chi connectivity index (χ0n) is 17.3. The van der Waals surface area contributed by atoms with Crippen molar-refractivity contribution >= 4 is 46.2 Å². The van der Waals surface area contributed by atoms with Crippen molar-refractivity contribution in [2.45, 2.75) is 12.5 Å². The van der Waals surface area contributed by atoms with Gasteiger partial charge in [-0.15, -0.1) is 0 Å². The fourth-order valence-corrected chi connectivity index (χ4v) is 3.99. The summed E-state index contributed by atoms with van der Waals surface area (Å²) < 4.78 is 0. The maximum absolute atomic E-state index is 13.1. The Hall–Kier alpha value is -3.10. The molecule has 3 N–H and O–H groups in total. The van der Waals surface area contributed by atoms with E-state index in [1.807, 2.05) is 42.5 Å². The van der Waals surface area contributed by atoms with E-state index >= 15 is 0 Å². The summed E-state index contributed by atoms with van der Waals surface area (Å²) in [5, 5.41) is 9.40. The van der Waals surface area contributed by atoms with Crippen LogP contribution in [0.5, 0.6) is 0 Å². The number of nitrogens with zero attached hydrogens (tertiary/aromatic N) is 4. The van der Waals surface area contributed by atoms with Crippen LogP contribution in [-0.2, 0) is 9.59 Å². The predicted octanol–water partition coefficient (Wildman–Crippen LogP) is 2.15. The molecule has 0 aliphatic carbocycles. The molecule has 162 valence electrons.